The van der Waals surface area contributed by atoms with Crippen LogP contribution in [0.3, 0.4) is 0 Å². The summed E-state index contributed by atoms with van der Waals surface area (Å²) in [6, 6.07) is 9.30. The molecule has 5 heteroatoms. The molecule has 0 radical (unpaired) electrons. The first kappa shape index (κ1) is 16.5. The molecule has 0 aliphatic rings. The van der Waals surface area contributed by atoms with Crippen LogP contribution >= 0.6 is 0 Å². The molecule has 3 atom stereocenters. The number of carbonyl (C=O) groups is 1. The number of carbonyl (C=O) groups excluding carboxylic acids is 1. The van der Waals surface area contributed by atoms with Gasteiger partial charge in [0.15, 0.2) is 6.29 Å². The Morgan fingerprint density at radius 3 is 2.40 bits per heavy atom. The Balaban J connectivity index is 2.46. The largest absolute Gasteiger partial charge is 0.445 e. The number of aliphatic hydroxyl groups is 1. The van der Waals surface area contributed by atoms with Crippen molar-refractivity contribution in [1.29, 1.82) is 0 Å². The quantitative estimate of drug-likeness (QED) is 0.813. The maximum Gasteiger partial charge on any atom is 0.410 e. The highest BCUT2D eigenvalue weighted by Crippen LogP contribution is 2.10. The van der Waals surface area contributed by atoms with Gasteiger partial charge in [-0.15, -0.1) is 0 Å². The van der Waals surface area contributed by atoms with Crippen LogP contribution in [0.2, 0.25) is 0 Å². The Bertz CT molecular complexity index is 408. The highest BCUT2D eigenvalue weighted by Gasteiger charge is 2.23. The fourth-order valence-corrected chi connectivity index (χ4v) is 1.73. The van der Waals surface area contributed by atoms with Gasteiger partial charge in [0.05, 0.1) is 12.1 Å². The smallest absolute Gasteiger partial charge is 0.410 e. The van der Waals surface area contributed by atoms with Gasteiger partial charge < -0.3 is 19.5 Å². The minimum absolute atomic E-state index is 0.201. The van der Waals surface area contributed by atoms with Gasteiger partial charge in [0.1, 0.15) is 6.61 Å². The molecule has 0 aromatic heterocycles. The SMILES string of the molecule is CC(O)O[C@@H](C)[C@@H](C)N(C)C(=O)OCc1ccccc1. The van der Waals surface area contributed by atoms with E-state index in [1.807, 2.05) is 37.3 Å². The summed E-state index contributed by atoms with van der Waals surface area (Å²) in [6.45, 7) is 5.43. The fourth-order valence-electron chi connectivity index (χ4n) is 1.73. The van der Waals surface area contributed by atoms with Crippen molar-refractivity contribution in [3.05, 3.63) is 35.9 Å². The number of likely N-dealkylation sites (N-methyl/N-ethyl adjacent to an activating group) is 1. The summed E-state index contributed by atoms with van der Waals surface area (Å²) in [5.74, 6) is 0. The lowest BCUT2D eigenvalue weighted by Crippen LogP contribution is -2.43. The maximum absolute atomic E-state index is 11.9. The number of ether oxygens (including phenoxy) is 2. The molecule has 1 amide bonds. The molecule has 0 heterocycles. The van der Waals surface area contributed by atoms with Gasteiger partial charge in [-0.1, -0.05) is 30.3 Å². The van der Waals surface area contributed by atoms with E-state index >= 15 is 0 Å². The van der Waals surface area contributed by atoms with E-state index in [0.29, 0.717) is 0 Å². The first-order chi connectivity index (χ1) is 9.41. The number of rotatable bonds is 6. The fraction of sp³-hybridized carbons (Fsp3) is 0.533. The van der Waals surface area contributed by atoms with Crippen LogP contribution in [0.1, 0.15) is 26.3 Å². The summed E-state index contributed by atoms with van der Waals surface area (Å²) in [5.41, 5.74) is 0.940. The topological polar surface area (TPSA) is 59.0 Å². The number of amides is 1. The summed E-state index contributed by atoms with van der Waals surface area (Å²) < 4.78 is 10.5. The molecule has 1 aromatic rings. The molecule has 1 aromatic carbocycles. The average molecular weight is 281 g/mol. The van der Waals surface area contributed by atoms with Crippen LogP contribution in [0.25, 0.3) is 0 Å². The minimum Gasteiger partial charge on any atom is -0.445 e. The van der Waals surface area contributed by atoms with Gasteiger partial charge in [-0.3, -0.25) is 0 Å². The zero-order valence-electron chi connectivity index (χ0n) is 12.4. The molecular weight excluding hydrogens is 258 g/mol. The molecule has 1 rings (SSSR count). The first-order valence-corrected chi connectivity index (χ1v) is 6.69. The predicted molar refractivity (Wildman–Crippen MR) is 76.1 cm³/mol. The Hall–Kier alpha value is -1.59. The molecule has 112 valence electrons. The summed E-state index contributed by atoms with van der Waals surface area (Å²) in [7, 11) is 1.65. The number of aliphatic hydroxyl groups excluding tert-OH is 1. The van der Waals surface area contributed by atoms with Gasteiger partial charge in [-0.05, 0) is 26.3 Å². The van der Waals surface area contributed by atoms with E-state index < -0.39 is 12.4 Å². The second-order valence-electron chi connectivity index (χ2n) is 4.83. The molecule has 0 saturated heterocycles. The minimum atomic E-state index is -0.860. The van der Waals surface area contributed by atoms with Crippen molar-refractivity contribution in [2.24, 2.45) is 0 Å². The van der Waals surface area contributed by atoms with Gasteiger partial charge in [-0.25, -0.2) is 4.79 Å². The van der Waals surface area contributed by atoms with Crippen molar-refractivity contribution in [3.8, 4) is 0 Å². The molecule has 0 aliphatic carbocycles. The lowest BCUT2D eigenvalue weighted by atomic mass is 10.2. The molecule has 1 unspecified atom stereocenters. The van der Waals surface area contributed by atoms with Gasteiger partial charge in [0.25, 0.3) is 0 Å². The van der Waals surface area contributed by atoms with Crippen molar-refractivity contribution in [2.45, 2.75) is 45.8 Å². The van der Waals surface area contributed by atoms with Crippen molar-refractivity contribution in [3.63, 3.8) is 0 Å². The Kier molecular flexibility index (Phi) is 6.48. The number of hydrogen-bond donors (Lipinski definition) is 1. The summed E-state index contributed by atoms with van der Waals surface area (Å²) in [6.07, 6.45) is -1.56. The third kappa shape index (κ3) is 5.19. The van der Waals surface area contributed by atoms with Crippen LogP contribution in [-0.4, -0.2) is 41.6 Å². The van der Waals surface area contributed by atoms with Crippen LogP contribution in [-0.2, 0) is 16.1 Å². The van der Waals surface area contributed by atoms with E-state index in [2.05, 4.69) is 0 Å². The van der Waals surface area contributed by atoms with Crippen molar-refractivity contribution >= 4 is 6.09 Å². The van der Waals surface area contributed by atoms with Gasteiger partial charge in [0, 0.05) is 7.05 Å². The summed E-state index contributed by atoms with van der Waals surface area (Å²) in [5, 5.41) is 9.19. The lowest BCUT2D eigenvalue weighted by molar-refractivity contribution is -0.133. The Morgan fingerprint density at radius 2 is 1.85 bits per heavy atom. The molecule has 5 nitrogen and oxygen atoms in total. The highest BCUT2D eigenvalue weighted by atomic mass is 16.6. The van der Waals surface area contributed by atoms with E-state index in [-0.39, 0.29) is 18.8 Å². The van der Waals surface area contributed by atoms with Gasteiger partial charge >= 0.3 is 6.09 Å². The van der Waals surface area contributed by atoms with Crippen LogP contribution in [0.4, 0.5) is 4.79 Å². The number of benzene rings is 1. The predicted octanol–water partition coefficient (Wildman–Crippen LogP) is 2.39. The van der Waals surface area contributed by atoms with Gasteiger partial charge in [0.2, 0.25) is 0 Å². The van der Waals surface area contributed by atoms with E-state index in [1.165, 1.54) is 11.8 Å². The Morgan fingerprint density at radius 1 is 1.25 bits per heavy atom. The van der Waals surface area contributed by atoms with Crippen molar-refractivity contribution in [1.82, 2.24) is 4.90 Å². The Labute approximate surface area is 120 Å². The third-order valence-corrected chi connectivity index (χ3v) is 3.19. The second kappa shape index (κ2) is 7.87. The monoisotopic (exact) mass is 281 g/mol. The van der Waals surface area contributed by atoms with Crippen LogP contribution in [0.5, 0.6) is 0 Å². The van der Waals surface area contributed by atoms with Crippen LogP contribution < -0.4 is 0 Å². The normalized spacial score (nSPS) is 15.2. The molecule has 20 heavy (non-hydrogen) atoms. The second-order valence-corrected chi connectivity index (χ2v) is 4.83. The van der Waals surface area contributed by atoms with E-state index in [0.717, 1.165) is 5.56 Å². The molecule has 0 spiro atoms. The van der Waals surface area contributed by atoms with Crippen LogP contribution in [0.15, 0.2) is 30.3 Å². The number of hydrogen-bond acceptors (Lipinski definition) is 4. The average Bonchev–Trinajstić information content (AvgIpc) is 2.43. The molecule has 1 N–H and O–H groups in total. The molecule has 0 aliphatic heterocycles. The molecule has 0 saturated carbocycles. The lowest BCUT2D eigenvalue weighted by Gasteiger charge is -2.29. The first-order valence-electron chi connectivity index (χ1n) is 6.69. The molecule has 0 fully saturated rings. The standard InChI is InChI=1S/C15H23NO4/c1-11(12(2)20-13(3)17)16(4)15(18)19-10-14-8-6-5-7-9-14/h5-9,11-13,17H,10H2,1-4H3/t11-,12+,13?/m1/s1. The molecule has 0 bridgehead atoms. The summed E-state index contributed by atoms with van der Waals surface area (Å²) >= 11 is 0. The molecular formula is C15H23NO4. The maximum atomic E-state index is 11.9. The van der Waals surface area contributed by atoms with Crippen LogP contribution in [0, 0.1) is 0 Å². The summed E-state index contributed by atoms with van der Waals surface area (Å²) in [4.78, 5) is 13.4. The third-order valence-electron chi connectivity index (χ3n) is 3.19. The van der Waals surface area contributed by atoms with Crippen molar-refractivity contribution < 1.29 is 19.4 Å². The highest BCUT2D eigenvalue weighted by molar-refractivity contribution is 5.67. The van der Waals surface area contributed by atoms with Gasteiger partial charge in [-0.2, -0.15) is 0 Å². The van der Waals surface area contributed by atoms with Crippen molar-refractivity contribution in [2.75, 3.05) is 7.05 Å². The van der Waals surface area contributed by atoms with E-state index in [1.54, 1.807) is 14.0 Å². The van der Waals surface area contributed by atoms with E-state index in [4.69, 9.17) is 9.47 Å². The number of nitrogens with zero attached hydrogens (tertiary/aromatic N) is 1. The van der Waals surface area contributed by atoms with E-state index in [9.17, 15) is 9.90 Å². The zero-order chi connectivity index (χ0) is 15.1. The zero-order valence-corrected chi connectivity index (χ0v) is 12.4.